The van der Waals surface area contributed by atoms with Gasteiger partial charge in [0, 0.05) is 5.56 Å². The molecule has 4 heteroatoms. The topological polar surface area (TPSA) is 43.4 Å². The van der Waals surface area contributed by atoms with Gasteiger partial charge in [-0.15, -0.1) is 0 Å². The zero-order chi connectivity index (χ0) is 20.1. The lowest BCUT2D eigenvalue weighted by Crippen LogP contribution is -2.03. The number of carbonyl (C=O) groups excluding carboxylic acids is 1. The van der Waals surface area contributed by atoms with Crippen LogP contribution in [0.4, 0.5) is 0 Å². The second-order valence-corrected chi connectivity index (χ2v) is 6.91. The highest BCUT2D eigenvalue weighted by molar-refractivity contribution is 7.17. The first kappa shape index (κ1) is 18.8. The maximum absolute atomic E-state index is 13.1. The molecule has 4 rings (SSSR count). The summed E-state index contributed by atoms with van der Waals surface area (Å²) in [6, 6.07) is 32.6. The zero-order valence-corrected chi connectivity index (χ0v) is 16.5. The summed E-state index contributed by atoms with van der Waals surface area (Å²) < 4.78 is 16.4. The third-order valence-electron chi connectivity index (χ3n) is 4.74. The Hall–Kier alpha value is -3.55. The quantitative estimate of drug-likeness (QED) is 0.273. The van der Waals surface area contributed by atoms with Crippen molar-refractivity contribution < 1.29 is 13.9 Å². The van der Waals surface area contributed by atoms with Gasteiger partial charge in [-0.1, -0.05) is 91.0 Å². The van der Waals surface area contributed by atoms with Crippen molar-refractivity contribution in [3.63, 3.8) is 0 Å². The van der Waals surface area contributed by atoms with Crippen LogP contribution in [0, 0.1) is 0 Å². The number of benzene rings is 4. The second-order valence-electron chi connectivity index (χ2n) is 6.53. The van der Waals surface area contributed by atoms with Gasteiger partial charge in [0.1, 0.15) is 0 Å². The predicted molar refractivity (Wildman–Crippen MR) is 117 cm³/mol. The molecule has 0 fully saturated rings. The van der Waals surface area contributed by atoms with E-state index in [0.717, 1.165) is 22.3 Å². The zero-order valence-electron chi connectivity index (χ0n) is 15.5. The third kappa shape index (κ3) is 4.16. The molecular weight excluding hydrogens is 379 g/mol. The van der Waals surface area contributed by atoms with Crippen molar-refractivity contribution in [2.24, 2.45) is 0 Å². The van der Waals surface area contributed by atoms with E-state index in [0.29, 0.717) is 16.9 Å². The van der Waals surface area contributed by atoms with Crippen molar-refractivity contribution in [2.75, 3.05) is 0 Å². The molecule has 0 aliphatic carbocycles. The van der Waals surface area contributed by atoms with Gasteiger partial charge in [-0.2, -0.15) is 0 Å². The molecule has 0 heterocycles. The van der Waals surface area contributed by atoms with Crippen LogP contribution in [0.15, 0.2) is 103 Å². The summed E-state index contributed by atoms with van der Waals surface area (Å²) in [4.78, 5) is 13.1. The first-order chi connectivity index (χ1) is 14.3. The lowest BCUT2D eigenvalue weighted by Gasteiger charge is -2.08. The van der Waals surface area contributed by atoms with Gasteiger partial charge in [-0.05, 0) is 39.0 Å². The summed E-state index contributed by atoms with van der Waals surface area (Å²) in [5.74, 6) is 0.147. The van der Waals surface area contributed by atoms with Gasteiger partial charge in [-0.3, -0.25) is 9.32 Å². The van der Waals surface area contributed by atoms with Crippen molar-refractivity contribution >= 4 is 14.5 Å². The molecule has 1 unspecified atom stereocenters. The van der Waals surface area contributed by atoms with Gasteiger partial charge in [0.15, 0.2) is 11.5 Å². The van der Waals surface area contributed by atoms with Crippen LogP contribution >= 0.6 is 8.69 Å². The first-order valence-corrected chi connectivity index (χ1v) is 10.0. The van der Waals surface area contributed by atoms with Crippen molar-refractivity contribution in [3.05, 3.63) is 114 Å². The Balaban J connectivity index is 1.66. The van der Waals surface area contributed by atoms with Gasteiger partial charge in [0.05, 0.1) is 5.56 Å². The Morgan fingerprint density at radius 2 is 1.14 bits per heavy atom. The molecule has 1 atom stereocenters. The van der Waals surface area contributed by atoms with E-state index in [9.17, 15) is 9.36 Å². The van der Waals surface area contributed by atoms with Crippen LogP contribution in [-0.4, -0.2) is 5.78 Å². The molecule has 140 valence electrons. The summed E-state index contributed by atoms with van der Waals surface area (Å²) in [6.07, 6.45) is 0. The summed E-state index contributed by atoms with van der Waals surface area (Å²) in [5.41, 5.74) is 4.97. The normalized spacial score (nSPS) is 10.6. The Bertz CT molecular complexity index is 1140. The van der Waals surface area contributed by atoms with Gasteiger partial charge in [0.2, 0.25) is 0 Å². The Morgan fingerprint density at radius 1 is 0.621 bits per heavy atom. The minimum Gasteiger partial charge on any atom is -0.288 e. The number of hydrogen-bond acceptors (Lipinski definition) is 3. The van der Waals surface area contributed by atoms with E-state index in [-0.39, 0.29) is 5.78 Å². The standard InChI is InChI=1S/C25H18O3P/c26-25(21-13-11-20(12-14-21)18-7-3-1-4-8-18)23-16-15-22(17-24(23)28-29-27)19-9-5-2-6-10-19/h1-17,29H/q+1. The molecule has 0 aliphatic rings. The number of hydrogen-bond donors (Lipinski definition) is 0. The van der Waals surface area contributed by atoms with Crippen LogP contribution in [0.3, 0.4) is 0 Å². The Labute approximate surface area is 170 Å². The SMILES string of the molecule is O=[PH+]Oc1cc(-c2ccccc2)ccc1C(=O)c1ccc(-c2ccccc2)cc1. The molecule has 29 heavy (non-hydrogen) atoms. The van der Waals surface area contributed by atoms with Crippen molar-refractivity contribution in [1.29, 1.82) is 0 Å². The molecule has 0 radical (unpaired) electrons. The predicted octanol–water partition coefficient (Wildman–Crippen LogP) is 6.57. The highest BCUT2D eigenvalue weighted by atomic mass is 31.1. The maximum Gasteiger partial charge on any atom is 0.542 e. The Morgan fingerprint density at radius 3 is 1.72 bits per heavy atom. The van der Waals surface area contributed by atoms with Gasteiger partial charge >= 0.3 is 8.69 Å². The van der Waals surface area contributed by atoms with Gasteiger partial charge in [-0.25, -0.2) is 0 Å². The fourth-order valence-corrected chi connectivity index (χ4v) is 3.51. The molecule has 4 aromatic rings. The largest absolute Gasteiger partial charge is 0.542 e. The van der Waals surface area contributed by atoms with E-state index in [1.165, 1.54) is 0 Å². The maximum atomic E-state index is 13.1. The fourth-order valence-electron chi connectivity index (χ4n) is 3.25. The molecular formula is C25H18O3P+. The van der Waals surface area contributed by atoms with E-state index in [4.69, 9.17) is 4.52 Å². The number of rotatable bonds is 6. The fraction of sp³-hybridized carbons (Fsp3) is 0. The molecule has 0 aliphatic heterocycles. The highest BCUT2D eigenvalue weighted by Crippen LogP contribution is 2.31. The van der Waals surface area contributed by atoms with Crippen LogP contribution in [0.2, 0.25) is 0 Å². The van der Waals surface area contributed by atoms with Crippen LogP contribution in [-0.2, 0) is 4.57 Å². The molecule has 0 N–H and O–H groups in total. The average molecular weight is 397 g/mol. The summed E-state index contributed by atoms with van der Waals surface area (Å²) in [5, 5.41) is 0. The van der Waals surface area contributed by atoms with Gasteiger partial charge in [0.25, 0.3) is 0 Å². The van der Waals surface area contributed by atoms with E-state index in [2.05, 4.69) is 0 Å². The minimum atomic E-state index is -0.987. The van der Waals surface area contributed by atoms with Crippen molar-refractivity contribution in [1.82, 2.24) is 0 Å². The molecule has 0 spiro atoms. The third-order valence-corrected chi connectivity index (χ3v) is 5.04. The molecule has 0 bridgehead atoms. The van der Waals surface area contributed by atoms with E-state index >= 15 is 0 Å². The molecule has 3 nitrogen and oxygen atoms in total. The summed E-state index contributed by atoms with van der Waals surface area (Å²) >= 11 is 0. The average Bonchev–Trinajstić information content (AvgIpc) is 2.80. The second kappa shape index (κ2) is 8.64. The van der Waals surface area contributed by atoms with E-state index < -0.39 is 8.69 Å². The first-order valence-electron chi connectivity index (χ1n) is 9.20. The van der Waals surface area contributed by atoms with Crippen molar-refractivity contribution in [2.45, 2.75) is 0 Å². The molecule has 0 saturated carbocycles. The molecule has 4 aromatic carbocycles. The summed E-state index contributed by atoms with van der Waals surface area (Å²) in [6.45, 7) is 0. The minimum absolute atomic E-state index is 0.169. The molecule has 0 aromatic heterocycles. The van der Waals surface area contributed by atoms with Crippen LogP contribution in [0.25, 0.3) is 22.3 Å². The lowest BCUT2D eigenvalue weighted by atomic mass is 9.97. The van der Waals surface area contributed by atoms with Crippen LogP contribution < -0.4 is 4.52 Å². The number of ketones is 1. The Kier molecular flexibility index (Phi) is 5.60. The van der Waals surface area contributed by atoms with Crippen molar-refractivity contribution in [3.8, 4) is 28.0 Å². The molecule has 0 saturated heterocycles. The summed E-state index contributed by atoms with van der Waals surface area (Å²) in [7, 11) is -0.987. The van der Waals surface area contributed by atoms with Gasteiger partial charge < -0.3 is 0 Å². The smallest absolute Gasteiger partial charge is 0.288 e. The van der Waals surface area contributed by atoms with E-state index in [1.807, 2.05) is 78.9 Å². The monoisotopic (exact) mass is 397 g/mol. The lowest BCUT2D eigenvalue weighted by molar-refractivity contribution is 0.103. The highest BCUT2D eigenvalue weighted by Gasteiger charge is 2.18. The van der Waals surface area contributed by atoms with E-state index in [1.54, 1.807) is 24.3 Å². The van der Waals surface area contributed by atoms with Crippen LogP contribution in [0.5, 0.6) is 5.75 Å². The van der Waals surface area contributed by atoms with Crippen LogP contribution in [0.1, 0.15) is 15.9 Å². The molecule has 0 amide bonds. The number of carbonyl (C=O) groups is 1.